The number of ether oxygens (including phenoxy) is 2. The van der Waals surface area contributed by atoms with E-state index in [4.69, 9.17) is 9.47 Å². The third-order valence-corrected chi connectivity index (χ3v) is 3.43. The van der Waals surface area contributed by atoms with Crippen LogP contribution in [-0.4, -0.2) is 33.9 Å². The van der Waals surface area contributed by atoms with Gasteiger partial charge in [-0.1, -0.05) is 21.0 Å². The lowest BCUT2D eigenvalue weighted by Crippen LogP contribution is -2.07. The highest BCUT2D eigenvalue weighted by Crippen LogP contribution is 2.33. The van der Waals surface area contributed by atoms with E-state index in [2.05, 4.69) is 36.8 Å². The third kappa shape index (κ3) is 3.19. The van der Waals surface area contributed by atoms with Crippen LogP contribution in [0.2, 0.25) is 0 Å². The molecule has 2 rings (SSSR count). The highest BCUT2D eigenvalue weighted by Gasteiger charge is 2.11. The Labute approximate surface area is 125 Å². The smallest absolute Gasteiger partial charge is 0.242 e. The molecular formula is C12H16BrN5O2. The zero-order chi connectivity index (χ0) is 14.5. The Morgan fingerprint density at radius 3 is 2.75 bits per heavy atom. The summed E-state index contributed by atoms with van der Waals surface area (Å²) in [5, 5.41) is 14.4. The second-order valence-electron chi connectivity index (χ2n) is 4.01. The number of tetrazole rings is 1. The first-order chi connectivity index (χ1) is 9.65. The minimum absolute atomic E-state index is 0.568. The van der Waals surface area contributed by atoms with Crippen molar-refractivity contribution in [1.82, 2.24) is 20.2 Å². The number of aryl methyl sites for hydroxylation is 1. The van der Waals surface area contributed by atoms with Crippen LogP contribution in [0.3, 0.4) is 0 Å². The van der Waals surface area contributed by atoms with Crippen molar-refractivity contribution in [3.8, 4) is 11.5 Å². The van der Waals surface area contributed by atoms with Gasteiger partial charge >= 0.3 is 0 Å². The lowest BCUT2D eigenvalue weighted by molar-refractivity contribution is 0.310. The van der Waals surface area contributed by atoms with Crippen molar-refractivity contribution in [1.29, 1.82) is 0 Å². The van der Waals surface area contributed by atoms with E-state index >= 15 is 0 Å². The predicted octanol–water partition coefficient (Wildman–Crippen LogP) is 1.99. The second-order valence-corrected chi connectivity index (χ2v) is 4.86. The average Bonchev–Trinajstić information content (AvgIpc) is 2.84. The summed E-state index contributed by atoms with van der Waals surface area (Å²) in [7, 11) is 3.39. The Morgan fingerprint density at radius 1 is 1.35 bits per heavy atom. The van der Waals surface area contributed by atoms with Crippen LogP contribution in [0, 0.1) is 0 Å². The van der Waals surface area contributed by atoms with Crippen molar-refractivity contribution < 1.29 is 9.47 Å². The minimum Gasteiger partial charge on any atom is -0.493 e. The quantitative estimate of drug-likeness (QED) is 0.866. The Hall–Kier alpha value is -1.83. The molecule has 1 N–H and O–H groups in total. The van der Waals surface area contributed by atoms with E-state index in [0.717, 1.165) is 10.0 Å². The van der Waals surface area contributed by atoms with E-state index in [0.29, 0.717) is 30.6 Å². The number of halogens is 1. The molecule has 0 saturated heterocycles. The van der Waals surface area contributed by atoms with Crippen molar-refractivity contribution in [3.05, 3.63) is 22.2 Å². The number of hydrogen-bond acceptors (Lipinski definition) is 6. The molecule has 2 aromatic rings. The standard InChI is InChI=1S/C12H16BrN5O2/c1-4-20-11-5-8(9(13)6-10(11)19-3)7-14-12-15-16-17-18(12)2/h5-6H,4,7H2,1-3H3,(H,14,15,17). The van der Waals surface area contributed by atoms with Crippen LogP contribution in [0.25, 0.3) is 0 Å². The van der Waals surface area contributed by atoms with Gasteiger partial charge in [0.25, 0.3) is 0 Å². The van der Waals surface area contributed by atoms with Crippen LogP contribution in [0.5, 0.6) is 11.5 Å². The van der Waals surface area contributed by atoms with Gasteiger partial charge in [0.15, 0.2) is 11.5 Å². The van der Waals surface area contributed by atoms with E-state index in [9.17, 15) is 0 Å². The molecule has 20 heavy (non-hydrogen) atoms. The zero-order valence-electron chi connectivity index (χ0n) is 11.6. The highest BCUT2D eigenvalue weighted by atomic mass is 79.9. The maximum atomic E-state index is 5.57. The fourth-order valence-electron chi connectivity index (χ4n) is 1.69. The number of hydrogen-bond donors (Lipinski definition) is 1. The lowest BCUT2D eigenvalue weighted by Gasteiger charge is -2.13. The molecule has 1 heterocycles. The molecule has 108 valence electrons. The molecule has 0 amide bonds. The van der Waals surface area contributed by atoms with E-state index in [1.807, 2.05) is 19.1 Å². The summed E-state index contributed by atoms with van der Waals surface area (Å²) in [6.45, 7) is 3.08. The molecule has 0 spiro atoms. The molecule has 0 atom stereocenters. The van der Waals surface area contributed by atoms with Gasteiger partial charge in [0.2, 0.25) is 5.95 Å². The Balaban J connectivity index is 2.18. The van der Waals surface area contributed by atoms with Crippen LogP contribution in [0.4, 0.5) is 5.95 Å². The van der Waals surface area contributed by atoms with Crippen molar-refractivity contribution in [2.24, 2.45) is 7.05 Å². The van der Waals surface area contributed by atoms with Crippen molar-refractivity contribution in [2.45, 2.75) is 13.5 Å². The Bertz CT molecular complexity index is 587. The number of nitrogens with zero attached hydrogens (tertiary/aromatic N) is 4. The van der Waals surface area contributed by atoms with Gasteiger partial charge in [0.1, 0.15) is 0 Å². The van der Waals surface area contributed by atoms with Gasteiger partial charge < -0.3 is 14.8 Å². The van der Waals surface area contributed by atoms with Crippen LogP contribution in [-0.2, 0) is 13.6 Å². The molecule has 1 aromatic heterocycles. The van der Waals surface area contributed by atoms with Gasteiger partial charge in [-0.3, -0.25) is 0 Å². The van der Waals surface area contributed by atoms with Crippen LogP contribution in [0.1, 0.15) is 12.5 Å². The number of anilines is 1. The van der Waals surface area contributed by atoms with Crippen LogP contribution < -0.4 is 14.8 Å². The fraction of sp³-hybridized carbons (Fsp3) is 0.417. The van der Waals surface area contributed by atoms with Crippen LogP contribution >= 0.6 is 15.9 Å². The summed E-state index contributed by atoms with van der Waals surface area (Å²) in [5.74, 6) is 2.01. The van der Waals surface area contributed by atoms with Crippen molar-refractivity contribution in [3.63, 3.8) is 0 Å². The van der Waals surface area contributed by atoms with Gasteiger partial charge in [0.05, 0.1) is 13.7 Å². The highest BCUT2D eigenvalue weighted by molar-refractivity contribution is 9.10. The molecule has 0 bridgehead atoms. The number of aromatic nitrogens is 4. The van der Waals surface area contributed by atoms with Crippen LogP contribution in [0.15, 0.2) is 16.6 Å². The molecule has 7 nitrogen and oxygen atoms in total. The molecule has 0 aliphatic rings. The molecule has 0 fully saturated rings. The van der Waals surface area contributed by atoms with E-state index in [1.54, 1.807) is 18.8 Å². The fourth-order valence-corrected chi connectivity index (χ4v) is 2.16. The molecule has 0 aliphatic carbocycles. The third-order valence-electron chi connectivity index (χ3n) is 2.69. The number of rotatable bonds is 6. The maximum absolute atomic E-state index is 5.57. The molecule has 1 aromatic carbocycles. The van der Waals surface area contributed by atoms with E-state index < -0.39 is 0 Å². The summed E-state index contributed by atoms with van der Waals surface area (Å²) in [5.41, 5.74) is 1.03. The zero-order valence-corrected chi connectivity index (χ0v) is 13.1. The van der Waals surface area contributed by atoms with E-state index in [-0.39, 0.29) is 0 Å². The van der Waals surface area contributed by atoms with Gasteiger partial charge in [-0.2, -0.15) is 0 Å². The molecule has 0 saturated carbocycles. The Kier molecular flexibility index (Phi) is 4.78. The Morgan fingerprint density at radius 2 is 2.15 bits per heavy atom. The monoisotopic (exact) mass is 341 g/mol. The lowest BCUT2D eigenvalue weighted by atomic mass is 10.2. The number of methoxy groups -OCH3 is 1. The molecule has 0 aliphatic heterocycles. The SMILES string of the molecule is CCOc1cc(CNc2nnnn2C)c(Br)cc1OC. The first kappa shape index (κ1) is 14.6. The van der Waals surface area contributed by atoms with Gasteiger partial charge in [-0.15, -0.1) is 0 Å². The molecule has 0 unspecified atom stereocenters. The minimum atomic E-state index is 0.568. The van der Waals surface area contributed by atoms with E-state index in [1.165, 1.54) is 0 Å². The molecule has 0 radical (unpaired) electrons. The number of nitrogens with one attached hydrogen (secondary N) is 1. The predicted molar refractivity (Wildman–Crippen MR) is 78.0 cm³/mol. The summed E-state index contributed by atoms with van der Waals surface area (Å²) in [6, 6.07) is 3.82. The van der Waals surface area contributed by atoms with Gasteiger partial charge in [-0.25, -0.2) is 4.68 Å². The maximum Gasteiger partial charge on any atom is 0.242 e. The van der Waals surface area contributed by atoms with Crippen molar-refractivity contribution in [2.75, 3.05) is 19.0 Å². The van der Waals surface area contributed by atoms with Gasteiger partial charge in [0, 0.05) is 18.1 Å². The van der Waals surface area contributed by atoms with Gasteiger partial charge in [-0.05, 0) is 35.0 Å². The average molecular weight is 342 g/mol. The number of benzene rings is 1. The molecule has 8 heteroatoms. The summed E-state index contributed by atoms with van der Waals surface area (Å²) in [6.07, 6.45) is 0. The summed E-state index contributed by atoms with van der Waals surface area (Å²) in [4.78, 5) is 0. The van der Waals surface area contributed by atoms with Crippen molar-refractivity contribution >= 4 is 21.9 Å². The summed E-state index contributed by atoms with van der Waals surface area (Å²) < 4.78 is 13.4. The summed E-state index contributed by atoms with van der Waals surface area (Å²) >= 11 is 3.52. The normalized spacial score (nSPS) is 10.4. The first-order valence-electron chi connectivity index (χ1n) is 6.11. The largest absolute Gasteiger partial charge is 0.493 e. The second kappa shape index (κ2) is 6.56. The first-order valence-corrected chi connectivity index (χ1v) is 6.90. The topological polar surface area (TPSA) is 74.1 Å². The molecular weight excluding hydrogens is 326 g/mol.